The van der Waals surface area contributed by atoms with Crippen molar-refractivity contribution in [2.45, 2.75) is 44.8 Å². The minimum absolute atomic E-state index is 0.0201. The Morgan fingerprint density at radius 3 is 2.46 bits per heavy atom. The molecular formula is C22H25F3O3. The quantitative estimate of drug-likeness (QED) is 0.554. The van der Waals surface area contributed by atoms with E-state index in [1.807, 2.05) is 6.92 Å². The van der Waals surface area contributed by atoms with Gasteiger partial charge in [0.05, 0.1) is 13.2 Å². The SMILES string of the molecule is CCCCOc1ccc(-c2ccc(C3CCC(OC)OC3)cc2F)c(F)c1F. The maximum Gasteiger partial charge on any atom is 0.201 e. The standard InChI is InChI=1S/C22H25F3O3/c1-3-4-11-27-19-9-8-17(21(24)22(19)25)16-7-5-14(12-18(16)23)15-6-10-20(26-2)28-13-15/h5,7-9,12,15,20H,3-4,6,10-11,13H2,1-2H3. The zero-order valence-corrected chi connectivity index (χ0v) is 16.1. The van der Waals surface area contributed by atoms with Crippen molar-refractivity contribution in [2.24, 2.45) is 0 Å². The fourth-order valence-corrected chi connectivity index (χ4v) is 3.36. The summed E-state index contributed by atoms with van der Waals surface area (Å²) in [6.45, 7) is 2.72. The molecule has 0 bridgehead atoms. The van der Waals surface area contributed by atoms with Crippen molar-refractivity contribution < 1.29 is 27.4 Å². The van der Waals surface area contributed by atoms with Crippen LogP contribution < -0.4 is 4.74 Å². The van der Waals surface area contributed by atoms with E-state index in [-0.39, 0.29) is 29.1 Å². The Kier molecular flexibility index (Phi) is 6.97. The van der Waals surface area contributed by atoms with Gasteiger partial charge in [-0.15, -0.1) is 0 Å². The average molecular weight is 394 g/mol. The topological polar surface area (TPSA) is 27.7 Å². The molecule has 0 amide bonds. The second kappa shape index (κ2) is 9.43. The lowest BCUT2D eigenvalue weighted by Crippen LogP contribution is -2.26. The molecule has 2 atom stereocenters. The van der Waals surface area contributed by atoms with Gasteiger partial charge >= 0.3 is 0 Å². The molecule has 28 heavy (non-hydrogen) atoms. The molecule has 0 radical (unpaired) electrons. The van der Waals surface area contributed by atoms with Crippen LogP contribution in [0.4, 0.5) is 13.2 Å². The Bertz CT molecular complexity index is 802. The van der Waals surface area contributed by atoms with E-state index in [1.165, 1.54) is 24.3 Å². The number of unbranched alkanes of at least 4 members (excludes halogenated alkanes) is 1. The number of hydrogen-bond acceptors (Lipinski definition) is 3. The molecular weight excluding hydrogens is 369 g/mol. The Balaban J connectivity index is 1.79. The van der Waals surface area contributed by atoms with Crippen molar-refractivity contribution in [1.82, 2.24) is 0 Å². The number of hydrogen-bond donors (Lipinski definition) is 0. The van der Waals surface area contributed by atoms with E-state index < -0.39 is 17.5 Å². The van der Waals surface area contributed by atoms with E-state index in [0.29, 0.717) is 13.2 Å². The van der Waals surface area contributed by atoms with Crippen LogP contribution in [0.2, 0.25) is 0 Å². The van der Waals surface area contributed by atoms with Crippen molar-refractivity contribution in [1.29, 1.82) is 0 Å². The lowest BCUT2D eigenvalue weighted by Gasteiger charge is -2.28. The van der Waals surface area contributed by atoms with Gasteiger partial charge in [0, 0.05) is 24.2 Å². The lowest BCUT2D eigenvalue weighted by atomic mass is 9.91. The first-order chi connectivity index (χ1) is 13.5. The molecule has 3 nitrogen and oxygen atoms in total. The minimum atomic E-state index is -1.11. The third kappa shape index (κ3) is 4.50. The van der Waals surface area contributed by atoms with E-state index in [1.54, 1.807) is 13.2 Å². The fraction of sp³-hybridized carbons (Fsp3) is 0.455. The predicted molar refractivity (Wildman–Crippen MR) is 101 cm³/mol. The van der Waals surface area contributed by atoms with E-state index in [9.17, 15) is 13.2 Å². The van der Waals surface area contributed by atoms with Gasteiger partial charge in [-0.1, -0.05) is 25.5 Å². The first-order valence-corrected chi connectivity index (χ1v) is 9.60. The molecule has 1 aliphatic heterocycles. The predicted octanol–water partition coefficient (Wildman–Crippen LogP) is 5.82. The minimum Gasteiger partial charge on any atom is -0.490 e. The maximum absolute atomic E-state index is 14.7. The lowest BCUT2D eigenvalue weighted by molar-refractivity contribution is -0.150. The van der Waals surface area contributed by atoms with Gasteiger partial charge in [-0.2, -0.15) is 4.39 Å². The van der Waals surface area contributed by atoms with Gasteiger partial charge < -0.3 is 14.2 Å². The molecule has 1 heterocycles. The Labute approximate surface area is 163 Å². The van der Waals surface area contributed by atoms with Crippen molar-refractivity contribution in [3.05, 3.63) is 53.3 Å². The van der Waals surface area contributed by atoms with Crippen molar-refractivity contribution in [3.63, 3.8) is 0 Å². The molecule has 2 unspecified atom stereocenters. The number of rotatable bonds is 7. The molecule has 152 valence electrons. The summed E-state index contributed by atoms with van der Waals surface area (Å²) in [7, 11) is 1.59. The molecule has 1 saturated heterocycles. The second-order valence-electron chi connectivity index (χ2n) is 6.95. The Morgan fingerprint density at radius 2 is 1.82 bits per heavy atom. The largest absolute Gasteiger partial charge is 0.490 e. The summed E-state index contributed by atoms with van der Waals surface area (Å²) in [6.07, 6.45) is 2.94. The average Bonchev–Trinajstić information content (AvgIpc) is 2.72. The summed E-state index contributed by atoms with van der Waals surface area (Å²) >= 11 is 0. The molecule has 2 aromatic carbocycles. The van der Waals surface area contributed by atoms with Crippen LogP contribution in [0, 0.1) is 17.5 Å². The molecule has 0 aromatic heterocycles. The van der Waals surface area contributed by atoms with Crippen LogP contribution in [0.1, 0.15) is 44.1 Å². The van der Waals surface area contributed by atoms with Crippen LogP contribution in [0.3, 0.4) is 0 Å². The highest BCUT2D eigenvalue weighted by Crippen LogP contribution is 2.34. The normalized spacial score (nSPS) is 19.6. The number of ether oxygens (including phenoxy) is 3. The van der Waals surface area contributed by atoms with Gasteiger partial charge in [-0.05, 0) is 43.0 Å². The van der Waals surface area contributed by atoms with Crippen molar-refractivity contribution in [3.8, 4) is 16.9 Å². The van der Waals surface area contributed by atoms with E-state index in [4.69, 9.17) is 14.2 Å². The Hall–Kier alpha value is -2.05. The van der Waals surface area contributed by atoms with E-state index in [0.717, 1.165) is 31.2 Å². The van der Waals surface area contributed by atoms with Gasteiger partial charge in [-0.25, -0.2) is 8.78 Å². The summed E-state index contributed by atoms with van der Waals surface area (Å²) in [5, 5.41) is 0. The van der Waals surface area contributed by atoms with Crippen LogP contribution >= 0.6 is 0 Å². The molecule has 0 N–H and O–H groups in total. The highest BCUT2D eigenvalue weighted by atomic mass is 19.2. The van der Waals surface area contributed by atoms with Crippen molar-refractivity contribution >= 4 is 0 Å². The third-order valence-electron chi connectivity index (χ3n) is 5.05. The van der Waals surface area contributed by atoms with Gasteiger partial charge in [0.2, 0.25) is 5.82 Å². The summed E-state index contributed by atoms with van der Waals surface area (Å²) in [4.78, 5) is 0. The smallest absolute Gasteiger partial charge is 0.201 e. The van der Waals surface area contributed by atoms with E-state index in [2.05, 4.69) is 0 Å². The summed E-state index contributed by atoms with van der Waals surface area (Å²) in [5.41, 5.74) is 0.673. The summed E-state index contributed by atoms with van der Waals surface area (Å²) < 4.78 is 59.5. The highest BCUT2D eigenvalue weighted by molar-refractivity contribution is 5.66. The summed E-state index contributed by atoms with van der Waals surface area (Å²) in [5.74, 6) is -2.90. The van der Waals surface area contributed by atoms with Gasteiger partial charge in [0.1, 0.15) is 5.82 Å². The molecule has 1 aliphatic rings. The fourth-order valence-electron chi connectivity index (χ4n) is 3.36. The van der Waals surface area contributed by atoms with Gasteiger partial charge in [0.15, 0.2) is 17.9 Å². The van der Waals surface area contributed by atoms with E-state index >= 15 is 0 Å². The number of halogens is 3. The van der Waals surface area contributed by atoms with Crippen molar-refractivity contribution in [2.75, 3.05) is 20.3 Å². The zero-order valence-electron chi connectivity index (χ0n) is 16.1. The first kappa shape index (κ1) is 20.7. The maximum atomic E-state index is 14.7. The van der Waals surface area contributed by atoms with Gasteiger partial charge in [-0.3, -0.25) is 0 Å². The van der Waals surface area contributed by atoms with Crippen LogP contribution in [0.5, 0.6) is 5.75 Å². The highest BCUT2D eigenvalue weighted by Gasteiger charge is 2.24. The first-order valence-electron chi connectivity index (χ1n) is 9.60. The molecule has 0 aliphatic carbocycles. The molecule has 0 spiro atoms. The molecule has 2 aromatic rings. The number of methoxy groups -OCH3 is 1. The van der Waals surface area contributed by atoms with Gasteiger partial charge in [0.25, 0.3) is 0 Å². The molecule has 6 heteroatoms. The zero-order chi connectivity index (χ0) is 20.1. The molecule has 3 rings (SSSR count). The van der Waals surface area contributed by atoms with Crippen LogP contribution in [0.25, 0.3) is 11.1 Å². The molecule has 0 saturated carbocycles. The van der Waals surface area contributed by atoms with Crippen LogP contribution in [0.15, 0.2) is 30.3 Å². The third-order valence-corrected chi connectivity index (χ3v) is 5.05. The van der Waals surface area contributed by atoms with Crippen LogP contribution in [-0.4, -0.2) is 26.6 Å². The monoisotopic (exact) mass is 394 g/mol. The summed E-state index contributed by atoms with van der Waals surface area (Å²) in [6, 6.07) is 7.30. The number of benzene rings is 2. The molecule has 1 fully saturated rings. The Morgan fingerprint density at radius 1 is 1.04 bits per heavy atom. The van der Waals surface area contributed by atoms with Crippen LogP contribution in [-0.2, 0) is 9.47 Å². The second-order valence-corrected chi connectivity index (χ2v) is 6.95.